The zero-order valence-electron chi connectivity index (χ0n) is 18.2. The van der Waals surface area contributed by atoms with Crippen LogP contribution in [0, 0.1) is 5.92 Å². The van der Waals surface area contributed by atoms with Crippen molar-refractivity contribution in [3.63, 3.8) is 0 Å². The fourth-order valence-corrected chi connectivity index (χ4v) is 4.20. The van der Waals surface area contributed by atoms with Gasteiger partial charge in [-0.1, -0.05) is 26.7 Å². The number of pyridine rings is 1. The third-order valence-electron chi connectivity index (χ3n) is 6.11. The van der Waals surface area contributed by atoms with E-state index >= 15 is 0 Å². The van der Waals surface area contributed by atoms with Crippen molar-refractivity contribution in [3.8, 4) is 0 Å². The molecule has 1 fully saturated rings. The standard InChI is InChI=1S/C21H31N5O4/c1-5-14(6-2)17(26-9-11-30-12-10-26)13-22-19(27)16-8-7-15-18(23-16)24(3)21(29)25(4)20(15)28/h7-8,14,17H,5-6,9-13H2,1-4H3,(H,22,27). The van der Waals surface area contributed by atoms with E-state index in [2.05, 4.69) is 29.0 Å². The molecule has 1 aliphatic heterocycles. The summed E-state index contributed by atoms with van der Waals surface area (Å²) < 4.78 is 7.80. The molecule has 1 N–H and O–H groups in total. The number of morpholine rings is 1. The van der Waals surface area contributed by atoms with Crippen LogP contribution in [0.1, 0.15) is 37.2 Å². The molecule has 9 heteroatoms. The number of hydrogen-bond donors (Lipinski definition) is 1. The number of rotatable bonds is 7. The number of nitrogens with zero attached hydrogens (tertiary/aromatic N) is 4. The second-order valence-electron chi connectivity index (χ2n) is 7.78. The topological polar surface area (TPSA) is 98.5 Å². The summed E-state index contributed by atoms with van der Waals surface area (Å²) >= 11 is 0. The Morgan fingerprint density at radius 3 is 2.43 bits per heavy atom. The first-order valence-electron chi connectivity index (χ1n) is 10.6. The Bertz CT molecular complexity index is 1020. The highest BCUT2D eigenvalue weighted by atomic mass is 16.5. The van der Waals surface area contributed by atoms with Crippen LogP contribution in [0.4, 0.5) is 0 Å². The van der Waals surface area contributed by atoms with Gasteiger partial charge in [-0.2, -0.15) is 0 Å². The van der Waals surface area contributed by atoms with E-state index in [1.165, 1.54) is 17.7 Å². The molecule has 0 radical (unpaired) electrons. The normalized spacial score (nSPS) is 16.2. The van der Waals surface area contributed by atoms with Gasteiger partial charge in [0.1, 0.15) is 11.3 Å². The van der Waals surface area contributed by atoms with Crippen molar-refractivity contribution in [2.24, 2.45) is 20.0 Å². The highest BCUT2D eigenvalue weighted by molar-refractivity contribution is 5.94. The van der Waals surface area contributed by atoms with Crippen LogP contribution in [-0.4, -0.2) is 63.8 Å². The van der Waals surface area contributed by atoms with Gasteiger partial charge in [0.25, 0.3) is 11.5 Å². The minimum atomic E-state index is -0.473. The fraction of sp³-hybridized carbons (Fsp3) is 0.619. The molecular weight excluding hydrogens is 386 g/mol. The summed E-state index contributed by atoms with van der Waals surface area (Å²) in [5.41, 5.74) is -0.496. The van der Waals surface area contributed by atoms with E-state index in [9.17, 15) is 14.4 Å². The molecule has 3 heterocycles. The summed E-state index contributed by atoms with van der Waals surface area (Å²) in [7, 11) is 2.97. The lowest BCUT2D eigenvalue weighted by molar-refractivity contribution is 0.00190. The summed E-state index contributed by atoms with van der Waals surface area (Å²) in [6.07, 6.45) is 2.07. The number of hydrogen-bond acceptors (Lipinski definition) is 6. The van der Waals surface area contributed by atoms with Gasteiger partial charge in [0.15, 0.2) is 0 Å². The number of amides is 1. The van der Waals surface area contributed by atoms with Crippen LogP contribution in [-0.2, 0) is 18.8 Å². The number of nitrogens with one attached hydrogen (secondary N) is 1. The molecule has 1 unspecified atom stereocenters. The Labute approximate surface area is 175 Å². The monoisotopic (exact) mass is 417 g/mol. The predicted octanol–water partition coefficient (Wildman–Crippen LogP) is 0.499. The maximum absolute atomic E-state index is 12.8. The average Bonchev–Trinajstić information content (AvgIpc) is 2.79. The van der Waals surface area contributed by atoms with Gasteiger partial charge in [-0.05, 0) is 18.1 Å². The first-order valence-corrected chi connectivity index (χ1v) is 10.6. The van der Waals surface area contributed by atoms with E-state index in [4.69, 9.17) is 4.74 Å². The zero-order chi connectivity index (χ0) is 21.8. The van der Waals surface area contributed by atoms with Gasteiger partial charge in [-0.15, -0.1) is 0 Å². The third kappa shape index (κ3) is 4.32. The molecule has 3 rings (SSSR count). The molecule has 0 spiro atoms. The molecule has 2 aromatic heterocycles. The lowest BCUT2D eigenvalue weighted by Crippen LogP contribution is -2.52. The van der Waals surface area contributed by atoms with Gasteiger partial charge in [-0.3, -0.25) is 23.6 Å². The van der Waals surface area contributed by atoms with Crippen molar-refractivity contribution < 1.29 is 9.53 Å². The molecular formula is C21H31N5O4. The van der Waals surface area contributed by atoms with Crippen molar-refractivity contribution >= 4 is 16.9 Å². The summed E-state index contributed by atoms with van der Waals surface area (Å²) in [4.78, 5) is 44.0. The second-order valence-corrected chi connectivity index (χ2v) is 7.78. The van der Waals surface area contributed by atoms with Crippen LogP contribution >= 0.6 is 0 Å². The Morgan fingerprint density at radius 1 is 1.13 bits per heavy atom. The smallest absolute Gasteiger partial charge is 0.332 e. The summed E-state index contributed by atoms with van der Waals surface area (Å²) in [6.45, 7) is 8.00. The number of ether oxygens (including phenoxy) is 1. The van der Waals surface area contributed by atoms with Crippen LogP contribution < -0.4 is 16.6 Å². The number of fused-ring (bicyclic) bond motifs is 1. The van der Waals surface area contributed by atoms with Crippen LogP contribution in [0.25, 0.3) is 11.0 Å². The Kier molecular flexibility index (Phi) is 7.04. The highest BCUT2D eigenvalue weighted by Gasteiger charge is 2.27. The molecule has 30 heavy (non-hydrogen) atoms. The number of aryl methyl sites for hydroxylation is 1. The first kappa shape index (κ1) is 22.2. The van der Waals surface area contributed by atoms with Gasteiger partial charge in [0.05, 0.1) is 18.6 Å². The van der Waals surface area contributed by atoms with Gasteiger partial charge < -0.3 is 10.1 Å². The molecule has 1 saturated heterocycles. The van der Waals surface area contributed by atoms with E-state index < -0.39 is 11.2 Å². The van der Waals surface area contributed by atoms with Gasteiger partial charge in [-0.25, -0.2) is 9.78 Å². The number of carbonyl (C=O) groups is 1. The van der Waals surface area contributed by atoms with Crippen LogP contribution in [0.3, 0.4) is 0 Å². The predicted molar refractivity (Wildman–Crippen MR) is 115 cm³/mol. The van der Waals surface area contributed by atoms with E-state index in [0.29, 0.717) is 31.1 Å². The van der Waals surface area contributed by atoms with Gasteiger partial charge in [0.2, 0.25) is 0 Å². The van der Waals surface area contributed by atoms with E-state index in [1.54, 1.807) is 13.1 Å². The van der Waals surface area contributed by atoms with Crippen molar-refractivity contribution in [2.75, 3.05) is 32.8 Å². The molecule has 0 aromatic carbocycles. The zero-order valence-corrected chi connectivity index (χ0v) is 18.2. The molecule has 1 amide bonds. The Morgan fingerprint density at radius 2 is 1.80 bits per heavy atom. The lowest BCUT2D eigenvalue weighted by atomic mass is 9.92. The molecule has 0 aliphatic carbocycles. The number of aromatic nitrogens is 3. The van der Waals surface area contributed by atoms with E-state index in [0.717, 1.165) is 30.5 Å². The van der Waals surface area contributed by atoms with Gasteiger partial charge >= 0.3 is 5.69 Å². The fourth-order valence-electron chi connectivity index (χ4n) is 4.20. The van der Waals surface area contributed by atoms with Crippen LogP contribution in [0.5, 0.6) is 0 Å². The molecule has 0 bridgehead atoms. The van der Waals surface area contributed by atoms with E-state index in [1.807, 2.05) is 0 Å². The maximum Gasteiger partial charge on any atom is 0.332 e. The van der Waals surface area contributed by atoms with E-state index in [-0.39, 0.29) is 23.3 Å². The second kappa shape index (κ2) is 9.53. The minimum absolute atomic E-state index is 0.191. The highest BCUT2D eigenvalue weighted by Crippen LogP contribution is 2.19. The van der Waals surface area contributed by atoms with Crippen LogP contribution in [0.15, 0.2) is 21.7 Å². The van der Waals surface area contributed by atoms with Crippen molar-refractivity contribution in [3.05, 3.63) is 38.7 Å². The quantitative estimate of drug-likeness (QED) is 0.704. The van der Waals surface area contributed by atoms with Crippen molar-refractivity contribution in [2.45, 2.75) is 32.7 Å². The Hall–Kier alpha value is -2.52. The maximum atomic E-state index is 12.8. The average molecular weight is 418 g/mol. The SMILES string of the molecule is CCC(CC)C(CNC(=O)c1ccc2c(=O)n(C)c(=O)n(C)c2n1)N1CCOCC1. The molecule has 2 aromatic rings. The van der Waals surface area contributed by atoms with Crippen LogP contribution in [0.2, 0.25) is 0 Å². The third-order valence-corrected chi connectivity index (χ3v) is 6.11. The van der Waals surface area contributed by atoms with Crippen molar-refractivity contribution in [1.82, 2.24) is 24.3 Å². The molecule has 1 atom stereocenters. The van der Waals surface area contributed by atoms with Gasteiger partial charge in [0, 0.05) is 39.8 Å². The largest absolute Gasteiger partial charge is 0.379 e. The summed E-state index contributed by atoms with van der Waals surface area (Å²) in [6, 6.07) is 3.31. The molecule has 1 aliphatic rings. The minimum Gasteiger partial charge on any atom is -0.379 e. The summed E-state index contributed by atoms with van der Waals surface area (Å²) in [5, 5.41) is 3.32. The molecule has 9 nitrogen and oxygen atoms in total. The Balaban J connectivity index is 1.82. The first-order chi connectivity index (χ1) is 14.4. The summed E-state index contributed by atoms with van der Waals surface area (Å²) in [5.74, 6) is 0.158. The lowest BCUT2D eigenvalue weighted by Gasteiger charge is -2.38. The molecule has 0 saturated carbocycles. The number of carbonyl (C=O) groups excluding carboxylic acids is 1. The van der Waals surface area contributed by atoms with Crippen molar-refractivity contribution in [1.29, 1.82) is 0 Å². The molecule has 164 valence electrons.